The van der Waals surface area contributed by atoms with Crippen LogP contribution in [0.4, 0.5) is 5.82 Å². The Kier molecular flexibility index (Phi) is 6.35. The van der Waals surface area contributed by atoms with E-state index >= 15 is 0 Å². The van der Waals surface area contributed by atoms with E-state index in [9.17, 15) is 4.79 Å². The second kappa shape index (κ2) is 9.14. The topological polar surface area (TPSA) is 57.7 Å². The summed E-state index contributed by atoms with van der Waals surface area (Å²) in [6.45, 7) is 7.75. The third kappa shape index (κ3) is 4.35. The number of rotatable bonds is 5. The number of nitrogens with zero attached hydrogens (tertiary/aromatic N) is 3. The van der Waals surface area contributed by atoms with Gasteiger partial charge in [-0.15, -0.1) is 0 Å². The molecule has 0 radical (unpaired) electrons. The molecule has 2 aliphatic heterocycles. The van der Waals surface area contributed by atoms with Crippen molar-refractivity contribution in [3.05, 3.63) is 59.3 Å². The molecule has 30 heavy (non-hydrogen) atoms. The summed E-state index contributed by atoms with van der Waals surface area (Å²) in [5, 5.41) is 3.24. The third-order valence-electron chi connectivity index (χ3n) is 6.49. The number of hydrogen-bond acceptors (Lipinski definition) is 5. The van der Waals surface area contributed by atoms with Crippen LogP contribution < -0.4 is 10.2 Å². The molecule has 2 fully saturated rings. The molecule has 2 saturated heterocycles. The van der Waals surface area contributed by atoms with Crippen LogP contribution in [0, 0.1) is 6.92 Å². The normalized spacial score (nSPS) is 19.5. The highest BCUT2D eigenvalue weighted by molar-refractivity contribution is 5.88. The fraction of sp³-hybridized carbons (Fsp3) is 0.500. The summed E-state index contributed by atoms with van der Waals surface area (Å²) in [6, 6.07) is 12.4. The zero-order valence-electron chi connectivity index (χ0n) is 18.1. The maximum absolute atomic E-state index is 13.5. The lowest BCUT2D eigenvalue weighted by Gasteiger charge is -2.37. The Morgan fingerprint density at radius 3 is 2.50 bits per heavy atom. The van der Waals surface area contributed by atoms with Gasteiger partial charge in [-0.2, -0.15) is 0 Å². The largest absolute Gasteiger partial charge is 0.381 e. The lowest BCUT2D eigenvalue weighted by molar-refractivity contribution is -0.130. The Morgan fingerprint density at radius 1 is 1.10 bits per heavy atom. The number of piperazine rings is 1. The first-order valence-corrected chi connectivity index (χ1v) is 10.9. The molecule has 3 heterocycles. The number of anilines is 1. The standard InChI is InChI=1S/C24H32N4O2/c1-19-5-7-21(8-6-19)24(9-16-30-17-10-24)23(29)26-18-20-4-3-11-25-22(20)28-14-12-27(2)13-15-28/h3-8,11H,9-10,12-18H2,1-2H3,(H,26,29). The Bertz CT molecular complexity index is 854. The Hall–Kier alpha value is -2.44. The predicted molar refractivity (Wildman–Crippen MR) is 119 cm³/mol. The van der Waals surface area contributed by atoms with Crippen LogP contribution in [0.3, 0.4) is 0 Å². The molecule has 1 amide bonds. The van der Waals surface area contributed by atoms with Gasteiger partial charge in [-0.3, -0.25) is 4.79 Å². The van der Waals surface area contributed by atoms with Crippen molar-refractivity contribution in [2.45, 2.75) is 31.7 Å². The first kappa shape index (κ1) is 20.8. The summed E-state index contributed by atoms with van der Waals surface area (Å²) in [6.07, 6.45) is 3.26. The smallest absolute Gasteiger partial charge is 0.231 e. The number of nitrogens with one attached hydrogen (secondary N) is 1. The number of ether oxygens (including phenoxy) is 1. The van der Waals surface area contributed by atoms with Gasteiger partial charge in [0.15, 0.2) is 0 Å². The van der Waals surface area contributed by atoms with E-state index in [1.165, 1.54) is 5.56 Å². The Balaban J connectivity index is 1.51. The third-order valence-corrected chi connectivity index (χ3v) is 6.49. The van der Waals surface area contributed by atoms with Crippen molar-refractivity contribution in [3.8, 4) is 0 Å². The molecular formula is C24H32N4O2. The Labute approximate surface area is 179 Å². The first-order valence-electron chi connectivity index (χ1n) is 10.9. The van der Waals surface area contributed by atoms with Gasteiger partial charge in [-0.25, -0.2) is 4.98 Å². The zero-order valence-corrected chi connectivity index (χ0v) is 18.1. The van der Waals surface area contributed by atoms with E-state index in [-0.39, 0.29) is 5.91 Å². The number of likely N-dealkylation sites (N-methyl/N-ethyl adjacent to an activating group) is 1. The SMILES string of the molecule is Cc1ccc(C2(C(=O)NCc3cccnc3N3CCN(C)CC3)CCOCC2)cc1. The predicted octanol–water partition coefficient (Wildman–Crippen LogP) is 2.51. The van der Waals surface area contributed by atoms with Gasteiger partial charge in [0.05, 0.1) is 5.41 Å². The van der Waals surface area contributed by atoms with Crippen molar-refractivity contribution in [3.63, 3.8) is 0 Å². The fourth-order valence-corrected chi connectivity index (χ4v) is 4.46. The summed E-state index contributed by atoms with van der Waals surface area (Å²) < 4.78 is 5.59. The van der Waals surface area contributed by atoms with Crippen LogP contribution in [0.2, 0.25) is 0 Å². The van der Waals surface area contributed by atoms with Gasteiger partial charge < -0.3 is 19.9 Å². The number of hydrogen-bond donors (Lipinski definition) is 1. The average Bonchev–Trinajstić information content (AvgIpc) is 2.79. The number of pyridine rings is 1. The molecule has 0 unspecified atom stereocenters. The van der Waals surface area contributed by atoms with Crippen LogP contribution in [-0.2, 0) is 21.5 Å². The van der Waals surface area contributed by atoms with Gasteiger partial charge in [0.25, 0.3) is 0 Å². The fourth-order valence-electron chi connectivity index (χ4n) is 4.46. The van der Waals surface area contributed by atoms with Gasteiger partial charge in [-0.05, 0) is 38.4 Å². The van der Waals surface area contributed by atoms with E-state index in [0.717, 1.165) is 43.1 Å². The van der Waals surface area contributed by atoms with E-state index in [2.05, 4.69) is 64.4 Å². The van der Waals surface area contributed by atoms with Crippen molar-refractivity contribution in [1.29, 1.82) is 0 Å². The van der Waals surface area contributed by atoms with E-state index in [1.54, 1.807) is 0 Å². The van der Waals surface area contributed by atoms with Gasteiger partial charge >= 0.3 is 0 Å². The first-order chi connectivity index (χ1) is 14.6. The van der Waals surface area contributed by atoms with Crippen LogP contribution in [0.25, 0.3) is 0 Å². The molecule has 0 bridgehead atoms. The van der Waals surface area contributed by atoms with Crippen molar-refractivity contribution in [1.82, 2.24) is 15.2 Å². The lowest BCUT2D eigenvalue weighted by atomic mass is 9.73. The number of carbonyl (C=O) groups is 1. The maximum Gasteiger partial charge on any atom is 0.231 e. The monoisotopic (exact) mass is 408 g/mol. The van der Waals surface area contributed by atoms with Crippen LogP contribution in [0.15, 0.2) is 42.6 Å². The van der Waals surface area contributed by atoms with E-state index in [0.29, 0.717) is 32.6 Å². The van der Waals surface area contributed by atoms with Gasteiger partial charge in [0.2, 0.25) is 5.91 Å². The van der Waals surface area contributed by atoms with E-state index < -0.39 is 5.41 Å². The quantitative estimate of drug-likeness (QED) is 0.824. The molecule has 1 N–H and O–H groups in total. The maximum atomic E-state index is 13.5. The van der Waals surface area contributed by atoms with Gasteiger partial charge in [0.1, 0.15) is 5.82 Å². The molecule has 2 aliphatic rings. The molecule has 0 aliphatic carbocycles. The number of aryl methyl sites for hydroxylation is 1. The van der Waals surface area contributed by atoms with Crippen LogP contribution in [-0.4, -0.2) is 62.2 Å². The number of amides is 1. The number of carbonyl (C=O) groups excluding carboxylic acids is 1. The van der Waals surface area contributed by atoms with Crippen LogP contribution in [0.5, 0.6) is 0 Å². The average molecular weight is 409 g/mol. The molecule has 0 spiro atoms. The second-order valence-electron chi connectivity index (χ2n) is 8.52. The minimum Gasteiger partial charge on any atom is -0.381 e. The van der Waals surface area contributed by atoms with E-state index in [1.807, 2.05) is 12.3 Å². The molecular weight excluding hydrogens is 376 g/mol. The number of aromatic nitrogens is 1. The highest BCUT2D eigenvalue weighted by Crippen LogP contribution is 2.35. The highest BCUT2D eigenvalue weighted by Gasteiger charge is 2.41. The molecule has 160 valence electrons. The molecule has 6 heteroatoms. The zero-order chi connectivity index (χ0) is 21.0. The van der Waals surface area contributed by atoms with Gasteiger partial charge in [0, 0.05) is 57.7 Å². The molecule has 2 aromatic rings. The van der Waals surface area contributed by atoms with Crippen LogP contribution in [0.1, 0.15) is 29.5 Å². The van der Waals surface area contributed by atoms with Crippen molar-refractivity contribution < 1.29 is 9.53 Å². The molecule has 1 aromatic carbocycles. The minimum atomic E-state index is -0.526. The highest BCUT2D eigenvalue weighted by atomic mass is 16.5. The summed E-state index contributed by atoms with van der Waals surface area (Å²) in [5.74, 6) is 1.07. The summed E-state index contributed by atoms with van der Waals surface area (Å²) in [4.78, 5) is 22.8. The lowest BCUT2D eigenvalue weighted by Crippen LogP contribution is -2.48. The Morgan fingerprint density at radius 2 is 1.80 bits per heavy atom. The molecule has 0 atom stereocenters. The van der Waals surface area contributed by atoms with Crippen molar-refractivity contribution >= 4 is 11.7 Å². The number of benzene rings is 1. The summed E-state index contributed by atoms with van der Waals surface area (Å²) in [7, 11) is 2.15. The molecule has 6 nitrogen and oxygen atoms in total. The minimum absolute atomic E-state index is 0.0860. The second-order valence-corrected chi connectivity index (χ2v) is 8.52. The summed E-state index contributed by atoms with van der Waals surface area (Å²) in [5.41, 5.74) is 2.83. The van der Waals surface area contributed by atoms with Crippen LogP contribution >= 0.6 is 0 Å². The van der Waals surface area contributed by atoms with Gasteiger partial charge in [-0.1, -0.05) is 35.9 Å². The molecule has 4 rings (SSSR count). The van der Waals surface area contributed by atoms with Crippen molar-refractivity contribution in [2.24, 2.45) is 0 Å². The summed E-state index contributed by atoms with van der Waals surface area (Å²) >= 11 is 0. The molecule has 0 saturated carbocycles. The molecule has 1 aromatic heterocycles. The van der Waals surface area contributed by atoms with E-state index in [4.69, 9.17) is 4.74 Å². The van der Waals surface area contributed by atoms with Crippen molar-refractivity contribution in [2.75, 3.05) is 51.3 Å².